The Morgan fingerprint density at radius 2 is 2.07 bits per heavy atom. The van der Waals surface area contributed by atoms with Crippen molar-refractivity contribution in [1.82, 2.24) is 15.2 Å². The molecule has 1 N–H and O–H groups in total. The minimum absolute atomic E-state index is 0.135. The lowest BCUT2D eigenvalue weighted by atomic mass is 9.98. The third kappa shape index (κ3) is 6.68. The molecule has 1 unspecified atom stereocenters. The first kappa shape index (κ1) is 22.0. The molecule has 1 aliphatic heterocycles. The van der Waals surface area contributed by atoms with Gasteiger partial charge in [-0.05, 0) is 57.4 Å². The van der Waals surface area contributed by atoms with E-state index >= 15 is 0 Å². The van der Waals surface area contributed by atoms with Crippen molar-refractivity contribution in [2.24, 2.45) is 5.92 Å². The number of ether oxygens (including phenoxy) is 2. The number of amides is 1. The Bertz CT molecular complexity index is 682. The Labute approximate surface area is 175 Å². The van der Waals surface area contributed by atoms with E-state index in [-0.39, 0.29) is 11.4 Å². The van der Waals surface area contributed by atoms with Gasteiger partial charge in [0.2, 0.25) is 5.88 Å². The van der Waals surface area contributed by atoms with Crippen LogP contribution in [0.25, 0.3) is 0 Å². The molecule has 1 atom stereocenters. The summed E-state index contributed by atoms with van der Waals surface area (Å²) >= 11 is 0. The molecule has 3 rings (SSSR count). The Balaban J connectivity index is 1.62. The van der Waals surface area contributed by atoms with E-state index in [9.17, 15) is 4.79 Å². The van der Waals surface area contributed by atoms with Gasteiger partial charge in [-0.1, -0.05) is 19.9 Å². The van der Waals surface area contributed by atoms with Gasteiger partial charge in [-0.25, -0.2) is 4.98 Å². The van der Waals surface area contributed by atoms with E-state index in [2.05, 4.69) is 42.9 Å². The van der Waals surface area contributed by atoms with Gasteiger partial charge in [0.1, 0.15) is 5.69 Å². The van der Waals surface area contributed by atoms with Crippen molar-refractivity contribution in [3.63, 3.8) is 0 Å². The number of carbonyl (C=O) groups is 1. The predicted molar refractivity (Wildman–Crippen MR) is 115 cm³/mol. The van der Waals surface area contributed by atoms with E-state index in [1.807, 2.05) is 12.1 Å². The summed E-state index contributed by atoms with van der Waals surface area (Å²) in [5, 5.41) is 3.16. The number of hydrogen-bond acceptors (Lipinski definition) is 5. The smallest absolute Gasteiger partial charge is 0.270 e. The molecule has 0 bridgehead atoms. The quantitative estimate of drug-likeness (QED) is 0.646. The normalized spacial score (nSPS) is 19.0. The molecule has 1 aromatic heterocycles. The first-order chi connectivity index (χ1) is 13.9. The minimum Gasteiger partial charge on any atom is -0.477 e. The van der Waals surface area contributed by atoms with Gasteiger partial charge in [0.05, 0.1) is 19.8 Å². The highest BCUT2D eigenvalue weighted by Gasteiger charge is 2.26. The Hall–Kier alpha value is -1.66. The lowest BCUT2D eigenvalue weighted by Crippen LogP contribution is -2.47. The number of hydrogen-bond donors (Lipinski definition) is 1. The number of rotatable bonds is 10. The SMILES string of the molecule is CCC(C)c1ccc(C(=O)NC(C)(C)CCN2CCOCC2)nc1OCC1CC1. The van der Waals surface area contributed by atoms with Crippen molar-refractivity contribution < 1.29 is 14.3 Å². The number of aromatic nitrogens is 1. The van der Waals surface area contributed by atoms with Gasteiger partial charge >= 0.3 is 0 Å². The van der Waals surface area contributed by atoms with Crippen LogP contribution < -0.4 is 10.1 Å². The standard InChI is InChI=1S/C23H37N3O3/c1-5-17(2)19-8-9-20(24-22(19)29-16-18-6-7-18)21(27)25-23(3,4)10-11-26-12-14-28-15-13-26/h8-9,17-18H,5-7,10-16H2,1-4H3,(H,25,27). The molecule has 2 heterocycles. The van der Waals surface area contributed by atoms with E-state index in [1.54, 1.807) is 0 Å². The lowest BCUT2D eigenvalue weighted by Gasteiger charge is -2.32. The molecule has 2 fully saturated rings. The fourth-order valence-electron chi connectivity index (χ4n) is 3.47. The molecule has 6 heteroatoms. The fraction of sp³-hybridized carbons (Fsp3) is 0.739. The van der Waals surface area contributed by atoms with Gasteiger partial charge in [-0.2, -0.15) is 0 Å². The molecule has 1 saturated carbocycles. The van der Waals surface area contributed by atoms with E-state index in [1.165, 1.54) is 12.8 Å². The molecule has 1 amide bonds. The van der Waals surface area contributed by atoms with Crippen molar-refractivity contribution >= 4 is 5.91 Å². The van der Waals surface area contributed by atoms with Crippen LogP contribution in [-0.2, 0) is 4.74 Å². The van der Waals surface area contributed by atoms with Crippen LogP contribution in [0.15, 0.2) is 12.1 Å². The highest BCUT2D eigenvalue weighted by molar-refractivity contribution is 5.93. The number of nitrogens with zero attached hydrogens (tertiary/aromatic N) is 2. The third-order valence-electron chi connectivity index (χ3n) is 6.03. The molecule has 29 heavy (non-hydrogen) atoms. The molecule has 2 aliphatic rings. The maximum atomic E-state index is 12.9. The molecule has 0 radical (unpaired) electrons. The van der Waals surface area contributed by atoms with Crippen molar-refractivity contribution in [3.05, 3.63) is 23.4 Å². The maximum absolute atomic E-state index is 12.9. The van der Waals surface area contributed by atoms with Gasteiger partial charge in [0, 0.05) is 30.7 Å². The van der Waals surface area contributed by atoms with E-state index in [4.69, 9.17) is 9.47 Å². The summed E-state index contributed by atoms with van der Waals surface area (Å²) in [7, 11) is 0. The van der Waals surface area contributed by atoms with Gasteiger partial charge in [0.25, 0.3) is 5.91 Å². The summed E-state index contributed by atoms with van der Waals surface area (Å²) in [6.07, 6.45) is 4.36. The first-order valence-electron chi connectivity index (χ1n) is 11.1. The Morgan fingerprint density at radius 1 is 1.34 bits per heavy atom. The third-order valence-corrected chi connectivity index (χ3v) is 6.03. The summed E-state index contributed by atoms with van der Waals surface area (Å²) in [6, 6.07) is 3.85. The predicted octanol–water partition coefficient (Wildman–Crippen LogP) is 3.61. The maximum Gasteiger partial charge on any atom is 0.270 e. The zero-order valence-corrected chi connectivity index (χ0v) is 18.5. The summed E-state index contributed by atoms with van der Waals surface area (Å²) in [6.45, 7) is 13.6. The van der Waals surface area contributed by atoms with Crippen molar-refractivity contribution in [2.45, 2.75) is 64.8 Å². The zero-order valence-electron chi connectivity index (χ0n) is 18.5. The highest BCUT2D eigenvalue weighted by atomic mass is 16.5. The van der Waals surface area contributed by atoms with E-state index in [0.29, 0.717) is 30.0 Å². The topological polar surface area (TPSA) is 63.7 Å². The van der Waals surface area contributed by atoms with Gasteiger partial charge in [0.15, 0.2) is 0 Å². The average Bonchev–Trinajstić information content (AvgIpc) is 3.55. The largest absolute Gasteiger partial charge is 0.477 e. The number of pyridine rings is 1. The van der Waals surface area contributed by atoms with Crippen LogP contribution in [0.2, 0.25) is 0 Å². The van der Waals surface area contributed by atoms with Crippen molar-refractivity contribution in [3.8, 4) is 5.88 Å². The molecule has 0 spiro atoms. The number of carbonyl (C=O) groups excluding carboxylic acids is 1. The van der Waals surface area contributed by atoms with Crippen molar-refractivity contribution in [1.29, 1.82) is 0 Å². The summed E-state index contributed by atoms with van der Waals surface area (Å²) in [5.41, 5.74) is 1.22. The molecular weight excluding hydrogens is 366 g/mol. The molecule has 6 nitrogen and oxygen atoms in total. The van der Waals surface area contributed by atoms with Gasteiger partial charge in [-0.15, -0.1) is 0 Å². The minimum atomic E-state index is -0.304. The van der Waals surface area contributed by atoms with Crippen LogP contribution in [0.4, 0.5) is 0 Å². The van der Waals surface area contributed by atoms with E-state index < -0.39 is 0 Å². The van der Waals surface area contributed by atoms with Crippen LogP contribution in [0.3, 0.4) is 0 Å². The second kappa shape index (κ2) is 9.90. The molecular formula is C23H37N3O3. The van der Waals surface area contributed by atoms with Crippen LogP contribution in [0.1, 0.15) is 75.3 Å². The second-order valence-electron chi connectivity index (χ2n) is 9.20. The van der Waals surface area contributed by atoms with E-state index in [0.717, 1.165) is 51.3 Å². The van der Waals surface area contributed by atoms with Crippen molar-refractivity contribution in [2.75, 3.05) is 39.5 Å². The van der Waals surface area contributed by atoms with Gasteiger partial charge < -0.3 is 14.8 Å². The summed E-state index contributed by atoms with van der Waals surface area (Å²) < 4.78 is 11.4. The second-order valence-corrected chi connectivity index (χ2v) is 9.20. The molecule has 1 aliphatic carbocycles. The Kier molecular flexibility index (Phi) is 7.52. The average molecular weight is 404 g/mol. The fourth-order valence-corrected chi connectivity index (χ4v) is 3.47. The molecule has 1 aromatic rings. The van der Waals surface area contributed by atoms with Crippen LogP contribution in [0.5, 0.6) is 5.88 Å². The zero-order chi connectivity index (χ0) is 20.9. The van der Waals surface area contributed by atoms with Crippen LogP contribution in [-0.4, -0.2) is 60.8 Å². The molecule has 1 saturated heterocycles. The number of morpholine rings is 1. The van der Waals surface area contributed by atoms with Crippen LogP contribution >= 0.6 is 0 Å². The van der Waals surface area contributed by atoms with Gasteiger partial charge in [-0.3, -0.25) is 9.69 Å². The summed E-state index contributed by atoms with van der Waals surface area (Å²) in [4.78, 5) is 19.9. The monoisotopic (exact) mass is 403 g/mol. The highest BCUT2D eigenvalue weighted by Crippen LogP contribution is 2.32. The molecule has 162 valence electrons. The van der Waals surface area contributed by atoms with Crippen LogP contribution in [0, 0.1) is 5.92 Å². The first-order valence-corrected chi connectivity index (χ1v) is 11.1. The molecule has 0 aromatic carbocycles. The number of nitrogens with one attached hydrogen (secondary N) is 1. The summed E-state index contributed by atoms with van der Waals surface area (Å²) in [5.74, 6) is 1.51. The lowest BCUT2D eigenvalue weighted by molar-refractivity contribution is 0.0341. The Morgan fingerprint density at radius 3 is 2.72 bits per heavy atom.